The van der Waals surface area contributed by atoms with E-state index >= 15 is 0 Å². The molecule has 0 heterocycles. The van der Waals surface area contributed by atoms with Gasteiger partial charge in [0, 0.05) is 0 Å². The molecule has 0 fully saturated rings. The summed E-state index contributed by atoms with van der Waals surface area (Å²) in [6, 6.07) is 62.7. The molecule has 298 valence electrons. The monoisotopic (exact) mass is 883 g/mol. The molecule has 58 heavy (non-hydrogen) atoms. The first-order chi connectivity index (χ1) is 28.7. The molecule has 0 saturated heterocycles. The van der Waals surface area contributed by atoms with Crippen molar-refractivity contribution in [3.8, 4) is 0 Å². The van der Waals surface area contributed by atoms with E-state index in [1.807, 2.05) is 78.9 Å². The van der Waals surface area contributed by atoms with Crippen molar-refractivity contribution in [2.24, 2.45) is 5.16 Å². The van der Waals surface area contributed by atoms with E-state index in [2.05, 4.69) is 118 Å². The minimum absolute atomic E-state index is 0.307. The fourth-order valence-electron chi connectivity index (χ4n) is 7.28. The Morgan fingerprint density at radius 2 is 0.828 bits per heavy atom. The van der Waals surface area contributed by atoms with Gasteiger partial charge in [0.15, 0.2) is 0 Å². The molecule has 0 saturated carbocycles. The molecule has 6 aromatic carbocycles. The van der Waals surface area contributed by atoms with Gasteiger partial charge in [-0.3, -0.25) is 0 Å². The van der Waals surface area contributed by atoms with Crippen LogP contribution in [0.1, 0.15) is 16.7 Å². The summed E-state index contributed by atoms with van der Waals surface area (Å²) in [5, 5.41) is 4.34. The number of ether oxygens (including phenoxy) is 5. The molecule has 0 aliphatic carbocycles. The van der Waals surface area contributed by atoms with E-state index in [0.29, 0.717) is 19.8 Å². The molecule has 0 N–H and O–H groups in total. The van der Waals surface area contributed by atoms with Crippen LogP contribution in [0, 0.1) is 0 Å². The quantitative estimate of drug-likeness (QED) is 0.0397. The summed E-state index contributed by atoms with van der Waals surface area (Å²) in [6.07, 6.45) is 0.582. The summed E-state index contributed by atoms with van der Waals surface area (Å²) in [5.41, 5.74) is 3.06. The minimum atomic E-state index is -3.91. The Labute approximate surface area is 347 Å². The second-order valence-corrected chi connectivity index (χ2v) is 24.4. The maximum atomic E-state index is 6.93. The summed E-state index contributed by atoms with van der Waals surface area (Å²) in [6.45, 7) is 0.978. The molecule has 0 aliphatic rings. The van der Waals surface area contributed by atoms with Gasteiger partial charge in [-0.2, -0.15) is 0 Å². The van der Waals surface area contributed by atoms with Crippen LogP contribution in [0.2, 0.25) is 0 Å². The molecule has 0 amide bonds. The fraction of sp³-hybridized carbons (Fsp3) is 0.220. The van der Waals surface area contributed by atoms with Gasteiger partial charge in [0.05, 0.1) is 0 Å². The number of hydrogen-bond donors (Lipinski definition) is 0. The molecule has 8 heteroatoms. The van der Waals surface area contributed by atoms with Crippen LogP contribution in [0.15, 0.2) is 197 Å². The van der Waals surface area contributed by atoms with Crippen molar-refractivity contribution in [1.29, 1.82) is 0 Å². The van der Waals surface area contributed by atoms with E-state index in [-0.39, 0.29) is 0 Å². The second kappa shape index (κ2) is 22.9. The first-order valence-corrected chi connectivity index (χ1v) is 25.5. The number of benzene rings is 6. The summed E-state index contributed by atoms with van der Waals surface area (Å²) >= 11 is -3.91. The van der Waals surface area contributed by atoms with E-state index in [1.165, 1.54) is 10.7 Å². The third-order valence-electron chi connectivity index (χ3n) is 10.3. The zero-order valence-electron chi connectivity index (χ0n) is 33.5. The topological polar surface area (TPSA) is 67.7 Å². The number of nitrogens with zero attached hydrogens (tertiary/aromatic N) is 1. The van der Waals surface area contributed by atoms with Crippen LogP contribution < -0.4 is 10.7 Å². The van der Waals surface area contributed by atoms with Crippen LogP contribution in [0.3, 0.4) is 0 Å². The normalized spacial score (nSPS) is 14.5. The molecule has 0 unspecified atom stereocenters. The molecule has 6 rings (SSSR count). The van der Waals surface area contributed by atoms with Crippen LogP contribution in [0.25, 0.3) is 0 Å². The van der Waals surface area contributed by atoms with Crippen molar-refractivity contribution in [3.05, 3.63) is 209 Å². The number of hydrogen-bond acceptors (Lipinski definition) is 7. The van der Waals surface area contributed by atoms with Gasteiger partial charge in [-0.05, 0) is 0 Å². The number of oxime groups is 1. The molecule has 0 spiro atoms. The Kier molecular flexibility index (Phi) is 16.9. The van der Waals surface area contributed by atoms with Crippen molar-refractivity contribution in [2.45, 2.75) is 50.3 Å². The van der Waals surface area contributed by atoms with Crippen LogP contribution in [0.4, 0.5) is 0 Å². The molecule has 6 aromatic rings. The average Bonchev–Trinajstić information content (AvgIpc) is 3.30. The maximum absolute atomic E-state index is 6.93. The Hall–Kier alpha value is -4.87. The van der Waals surface area contributed by atoms with Crippen molar-refractivity contribution in [2.75, 3.05) is 21.3 Å². The molecule has 0 radical (unpaired) electrons. The zero-order valence-corrected chi connectivity index (χ0v) is 36.3. The van der Waals surface area contributed by atoms with Crippen LogP contribution in [-0.2, 0) is 48.3 Å². The molecular formula is C50H53NO6Sn. The molecule has 0 aliphatic heterocycles. The first-order valence-electron chi connectivity index (χ1n) is 19.6. The van der Waals surface area contributed by atoms with Gasteiger partial charge in [0.1, 0.15) is 0 Å². The van der Waals surface area contributed by atoms with E-state index in [4.69, 9.17) is 28.5 Å². The van der Waals surface area contributed by atoms with Gasteiger partial charge in [-0.25, -0.2) is 0 Å². The van der Waals surface area contributed by atoms with Gasteiger partial charge in [-0.1, -0.05) is 30.3 Å². The molecular weight excluding hydrogens is 829 g/mol. The molecule has 7 nitrogen and oxygen atoms in total. The van der Waals surface area contributed by atoms with Gasteiger partial charge in [-0.15, -0.1) is 0 Å². The van der Waals surface area contributed by atoms with Crippen molar-refractivity contribution < 1.29 is 28.5 Å². The fourth-order valence-corrected chi connectivity index (χ4v) is 19.3. The SMILES string of the molecule is CO[C@H]([C@H](OC)[C@@H](/C=[CH]\[Sn]([c]1ccccc1)([c]1ccccc1)[c]1ccccc1)OCc1ccccc1)[C@H](OCc1ccccc1)[C@@H](/C=N/OCc1ccccc1)OC. The van der Waals surface area contributed by atoms with Crippen LogP contribution in [-0.4, -0.2) is 76.4 Å². The van der Waals surface area contributed by atoms with Gasteiger partial charge in [0.2, 0.25) is 0 Å². The summed E-state index contributed by atoms with van der Waals surface area (Å²) in [7, 11) is 5.00. The first kappa shape index (κ1) is 42.7. The van der Waals surface area contributed by atoms with Gasteiger partial charge >= 0.3 is 319 Å². The van der Waals surface area contributed by atoms with Crippen LogP contribution in [0.5, 0.6) is 0 Å². The Bertz CT molecular complexity index is 1980. The third-order valence-corrected chi connectivity index (χ3v) is 22.9. The Morgan fingerprint density at radius 1 is 0.431 bits per heavy atom. The van der Waals surface area contributed by atoms with Gasteiger partial charge in [0.25, 0.3) is 0 Å². The Balaban J connectivity index is 1.42. The van der Waals surface area contributed by atoms with Crippen molar-refractivity contribution >= 4 is 35.3 Å². The second-order valence-electron chi connectivity index (χ2n) is 13.9. The standard InChI is InChI=1S/C32H38NO6.3C6H5.Sn/c1-5-28(37-22-25-15-9-6-10-16-25)30(35-3)32(36-4)31(38-23-26-17-11-7-12-18-26)29(34-2)21-33-39-24-27-19-13-8-14-20-27;3*1-2-4-6-5-3-1;/h1,5-21,28-32H,22-24H2,2-4H3;3*1-5H;/b5-1?,33-21+;;;;/t28-,29-,30-,31-,32-;;;;/m1..../s1. The van der Waals surface area contributed by atoms with Crippen LogP contribution >= 0.6 is 0 Å². The van der Waals surface area contributed by atoms with E-state index in [9.17, 15) is 0 Å². The summed E-state index contributed by atoms with van der Waals surface area (Å²) in [4.78, 5) is 5.74. The molecule has 0 aromatic heterocycles. The Morgan fingerprint density at radius 3 is 1.24 bits per heavy atom. The third kappa shape index (κ3) is 11.4. The molecule has 5 atom stereocenters. The van der Waals surface area contributed by atoms with Gasteiger partial charge < -0.3 is 0 Å². The number of methoxy groups -OCH3 is 3. The predicted molar refractivity (Wildman–Crippen MR) is 235 cm³/mol. The zero-order chi connectivity index (χ0) is 40.3. The number of rotatable bonds is 22. The summed E-state index contributed by atoms with van der Waals surface area (Å²) < 4.78 is 39.0. The summed E-state index contributed by atoms with van der Waals surface area (Å²) in [5.74, 6) is 0. The van der Waals surface area contributed by atoms with E-state index in [1.54, 1.807) is 27.5 Å². The predicted octanol–water partition coefficient (Wildman–Crippen LogP) is 7.67. The molecule has 0 bridgehead atoms. The van der Waals surface area contributed by atoms with E-state index < -0.39 is 48.9 Å². The van der Waals surface area contributed by atoms with Crippen molar-refractivity contribution in [1.82, 2.24) is 0 Å². The van der Waals surface area contributed by atoms with Crippen molar-refractivity contribution in [3.63, 3.8) is 0 Å². The average molecular weight is 883 g/mol. The van der Waals surface area contributed by atoms with E-state index in [0.717, 1.165) is 16.7 Å².